The summed E-state index contributed by atoms with van der Waals surface area (Å²) in [7, 11) is 0. The molecule has 0 radical (unpaired) electrons. The number of nitrogens with zero attached hydrogens (tertiary/aromatic N) is 7. The molecule has 0 saturated carbocycles. The fourth-order valence-corrected chi connectivity index (χ4v) is 17.1. The van der Waals surface area contributed by atoms with Crippen molar-refractivity contribution >= 4 is 129 Å². The minimum absolute atomic E-state index is 0. The normalized spacial score (nSPS) is 11.8. The van der Waals surface area contributed by atoms with Gasteiger partial charge in [0.15, 0.2) is 17.1 Å². The Morgan fingerprint density at radius 3 is 0.977 bits per heavy atom. The molecule has 0 N–H and O–H groups in total. The van der Waals surface area contributed by atoms with Crippen molar-refractivity contribution in [1.29, 1.82) is 0 Å². The highest BCUT2D eigenvalue weighted by atomic mass is 16.5. The van der Waals surface area contributed by atoms with Crippen LogP contribution >= 0.6 is 0 Å². The Kier molecular flexibility index (Phi) is 30.2. The summed E-state index contributed by atoms with van der Waals surface area (Å²) < 4.78 is 14.7. The van der Waals surface area contributed by atoms with Crippen LogP contribution in [0.25, 0.3) is 49.4 Å². The lowest BCUT2D eigenvalue weighted by Crippen LogP contribution is -2.40. The van der Waals surface area contributed by atoms with Gasteiger partial charge in [0.1, 0.15) is 5.58 Å². The third-order valence-corrected chi connectivity index (χ3v) is 22.8. The largest absolute Gasteiger partial charge is 0.454 e. The van der Waals surface area contributed by atoms with E-state index in [0.717, 1.165) is 61.9 Å². The first-order valence-corrected chi connectivity index (χ1v) is 43.6. The van der Waals surface area contributed by atoms with Gasteiger partial charge in [-0.05, 0) is 266 Å². The highest BCUT2D eigenvalue weighted by Crippen LogP contribution is 2.55. The Morgan fingerprint density at radius 1 is 0.238 bits per heavy atom. The van der Waals surface area contributed by atoms with Gasteiger partial charge in [-0.15, -0.1) is 0 Å². The second kappa shape index (κ2) is 40.8. The minimum atomic E-state index is -0.0320. The molecule has 0 aliphatic carbocycles. The number of para-hydroxylation sites is 17. The summed E-state index contributed by atoms with van der Waals surface area (Å²) in [5.74, 6) is 1.84. The number of benzene rings is 16. The van der Waals surface area contributed by atoms with Crippen molar-refractivity contribution in [3.63, 3.8) is 0 Å². The topological polar surface area (TPSA) is 46.7 Å². The molecule has 4 heterocycles. The van der Waals surface area contributed by atoms with Crippen LogP contribution in [-0.2, 0) is 10.8 Å². The van der Waals surface area contributed by atoms with Gasteiger partial charge in [0.25, 0.3) is 0 Å². The van der Waals surface area contributed by atoms with E-state index in [2.05, 4.69) is 508 Å². The van der Waals surface area contributed by atoms with E-state index in [-0.39, 0.29) is 64.6 Å². The van der Waals surface area contributed by atoms with E-state index in [4.69, 9.17) is 9.15 Å². The second-order valence-electron chi connectivity index (χ2n) is 36.9. The Balaban J connectivity index is 0.000000157. The summed E-state index contributed by atoms with van der Waals surface area (Å²) >= 11 is 0. The molecular formula is C121H133N7O2. The number of hydrogen-bond acceptors (Lipinski definition) is 8. The molecular weight excluding hydrogens is 1580 g/mol. The van der Waals surface area contributed by atoms with E-state index in [1.54, 1.807) is 0 Å². The van der Waals surface area contributed by atoms with Crippen LogP contribution in [0.15, 0.2) is 417 Å². The van der Waals surface area contributed by atoms with Gasteiger partial charge in [-0.2, -0.15) is 0 Å². The first-order valence-electron chi connectivity index (χ1n) is 43.6. The quantitative estimate of drug-likeness (QED) is 0.134. The monoisotopic (exact) mass is 1720 g/mol. The van der Waals surface area contributed by atoms with Crippen LogP contribution in [0.2, 0.25) is 0 Å². The summed E-state index contributed by atoms with van der Waals surface area (Å²) in [6.07, 6.45) is 0. The predicted octanol–water partition coefficient (Wildman–Crippen LogP) is 36.8. The fraction of sp³-hybridized carbons (Fsp3) is 0.207. The maximum absolute atomic E-state index is 6.34. The summed E-state index contributed by atoms with van der Waals surface area (Å²) in [4.78, 5) is 14.1. The minimum Gasteiger partial charge on any atom is -0.454 e. The van der Waals surface area contributed by atoms with Crippen molar-refractivity contribution < 1.29 is 9.15 Å². The molecule has 18 aromatic rings. The van der Waals surface area contributed by atoms with Crippen LogP contribution in [0.1, 0.15) is 152 Å². The third-order valence-electron chi connectivity index (χ3n) is 22.8. The van der Waals surface area contributed by atoms with Crippen molar-refractivity contribution in [1.82, 2.24) is 4.57 Å². The summed E-state index contributed by atoms with van der Waals surface area (Å²) in [5, 5.41) is 4.86. The zero-order valence-electron chi connectivity index (χ0n) is 74.7. The number of furan rings is 1. The van der Waals surface area contributed by atoms with Gasteiger partial charge < -0.3 is 43.1 Å². The number of hydrogen-bond donors (Lipinski definition) is 0. The second-order valence-corrected chi connectivity index (χ2v) is 36.9. The van der Waals surface area contributed by atoms with Crippen LogP contribution in [0.4, 0.5) is 85.3 Å². The first-order chi connectivity index (χ1) is 60.3. The van der Waals surface area contributed by atoms with Crippen LogP contribution in [0.5, 0.6) is 11.5 Å². The van der Waals surface area contributed by atoms with Crippen LogP contribution in [0.3, 0.4) is 0 Å². The number of rotatable bonds is 10. The lowest BCUT2D eigenvalue weighted by Gasteiger charge is -2.46. The van der Waals surface area contributed by atoms with E-state index in [1.165, 1.54) is 95.5 Å². The molecule has 0 amide bonds. The molecule has 0 fully saturated rings. The van der Waals surface area contributed by atoms with E-state index in [9.17, 15) is 0 Å². The number of fused-ring (bicyclic) bond motifs is 10. The molecule has 0 saturated heterocycles. The molecule has 2 aliphatic heterocycles. The summed E-state index contributed by atoms with van der Waals surface area (Å²) in [6.45, 7) is 33.6. The molecule has 20 rings (SSSR count). The van der Waals surface area contributed by atoms with Crippen LogP contribution in [-0.4, -0.2) is 21.2 Å². The number of ether oxygens (including phenoxy) is 1. The van der Waals surface area contributed by atoms with Gasteiger partial charge in [-0.3, -0.25) is 0 Å². The standard InChI is InChI=1S/C28H26N2.C28H25NO.C22H22N2.C22H23N.C16H17NO.5CH4/c1-28(2,3)30(22-11-5-4-6-12-22)23-19-17-21(18-20-23)29-26-15-9-7-13-24(26)25-14-8-10-16-27(25)29;1-28(2,3)20-16-18-22(19-17-20)29(21-10-5-4-6-11-21)25-14-9-13-24-23-12-7-8-15-26(23)30-27(24)25;1-22(2,3)24-20-15-9-7-13-18(20)23(17-11-5-4-6-12-17)19-14-8-10-16-21(19)24;1-22(2,3)18-14-16-21(17-15-18)23(19-10-6-4-7-11-19)20-12-8-5-9-13-20;1-16(2,3)17-12-8-4-6-10-14(12)18-15-11-7-5-9-13(15)17;;;;;/h4-20H,1-3H3;4-19H,1-3H3;4-16H,1-3H3;4-17H,1-3H3;4-11H,1-3H3;5*1H4. The molecule has 9 nitrogen and oxygen atoms in total. The molecule has 130 heavy (non-hydrogen) atoms. The van der Waals surface area contributed by atoms with Crippen LogP contribution < -0.4 is 34.1 Å². The number of anilines is 15. The molecule has 0 bridgehead atoms. The Morgan fingerprint density at radius 2 is 0.554 bits per heavy atom. The van der Waals surface area contributed by atoms with Gasteiger partial charge in [-0.25, -0.2) is 0 Å². The average molecular weight is 1720 g/mol. The van der Waals surface area contributed by atoms with Crippen molar-refractivity contribution in [3.05, 3.63) is 424 Å². The fourth-order valence-electron chi connectivity index (χ4n) is 17.1. The lowest BCUT2D eigenvalue weighted by molar-refractivity contribution is 0.451. The van der Waals surface area contributed by atoms with E-state index < -0.39 is 0 Å². The van der Waals surface area contributed by atoms with Gasteiger partial charge in [0, 0.05) is 89.3 Å². The van der Waals surface area contributed by atoms with E-state index >= 15 is 0 Å². The van der Waals surface area contributed by atoms with Gasteiger partial charge in [0.2, 0.25) is 0 Å². The van der Waals surface area contributed by atoms with Gasteiger partial charge in [0.05, 0.1) is 50.8 Å². The summed E-state index contributed by atoms with van der Waals surface area (Å²) in [6, 6.07) is 145. The molecule has 2 aliphatic rings. The van der Waals surface area contributed by atoms with E-state index in [0.29, 0.717) is 0 Å². The van der Waals surface area contributed by atoms with Crippen molar-refractivity contribution in [2.45, 2.75) is 168 Å². The molecule has 0 unspecified atom stereocenters. The number of aromatic nitrogens is 1. The zero-order valence-corrected chi connectivity index (χ0v) is 74.7. The van der Waals surface area contributed by atoms with Gasteiger partial charge in [-0.1, -0.05) is 309 Å². The Labute approximate surface area is 776 Å². The van der Waals surface area contributed by atoms with Crippen molar-refractivity contribution in [2.75, 3.05) is 29.4 Å². The van der Waals surface area contributed by atoms with E-state index in [1.807, 2.05) is 42.5 Å². The molecule has 664 valence electrons. The van der Waals surface area contributed by atoms with Crippen molar-refractivity contribution in [2.24, 2.45) is 0 Å². The smallest absolute Gasteiger partial charge is 0.159 e. The Hall–Kier alpha value is -14.3. The highest BCUT2D eigenvalue weighted by molar-refractivity contribution is 6.11. The van der Waals surface area contributed by atoms with Crippen LogP contribution in [0, 0.1) is 0 Å². The lowest BCUT2D eigenvalue weighted by atomic mass is 9.87. The molecule has 2 aromatic heterocycles. The highest BCUT2D eigenvalue weighted by Gasteiger charge is 2.36. The van der Waals surface area contributed by atoms with Crippen molar-refractivity contribution in [3.8, 4) is 17.2 Å². The molecule has 0 spiro atoms. The Bertz CT molecular complexity index is 6470. The molecule has 16 aromatic carbocycles. The SMILES string of the molecule is C.C.C.C.C.CC(C)(C)N(c1ccccc1)c1ccc(-n2c3ccccc3c3ccccc32)cc1.CC(C)(C)N1c2ccccc2N(c2ccccc2)c2ccccc21.CC(C)(C)N1c2ccccc2Oc2ccccc21.CC(C)(C)c1ccc(N(c2ccccc2)c2cccc3c2oc2ccccc23)cc1.CC(C)(C)c1ccc(N(c2ccccc2)c2ccccc2)cc1. The molecule has 9 heteroatoms. The average Bonchev–Trinajstić information content (AvgIpc) is 1.59. The maximum Gasteiger partial charge on any atom is 0.159 e. The summed E-state index contributed by atoms with van der Waals surface area (Å²) in [5.41, 5.74) is 25.9. The third kappa shape index (κ3) is 20.6. The maximum atomic E-state index is 6.34. The van der Waals surface area contributed by atoms with Gasteiger partial charge >= 0.3 is 0 Å². The molecule has 0 atom stereocenters. The zero-order chi connectivity index (χ0) is 87.2. The first kappa shape index (κ1) is 96.4. The predicted molar refractivity (Wildman–Crippen MR) is 568 cm³/mol.